The molecule has 20 heavy (non-hydrogen) atoms. The van der Waals surface area contributed by atoms with E-state index in [2.05, 4.69) is 10.1 Å². The van der Waals surface area contributed by atoms with Crippen molar-refractivity contribution in [3.8, 4) is 5.75 Å². The van der Waals surface area contributed by atoms with Crippen molar-refractivity contribution in [2.75, 3.05) is 25.5 Å². The molecule has 0 bridgehead atoms. The van der Waals surface area contributed by atoms with Crippen LogP contribution < -0.4 is 15.8 Å². The fraction of sp³-hybridized carbons (Fsp3) is 0.417. The number of amides is 1. The third-order valence-corrected chi connectivity index (χ3v) is 2.23. The Bertz CT molecular complexity index is 464. The summed E-state index contributed by atoms with van der Waals surface area (Å²) in [7, 11) is 0. The van der Waals surface area contributed by atoms with E-state index in [0.717, 1.165) is 12.1 Å². The molecule has 0 heterocycles. The Balaban J connectivity index is 2.64. The molecule has 0 spiro atoms. The minimum Gasteiger partial charge on any atom is -0.404 e. The molecule has 0 saturated carbocycles. The summed E-state index contributed by atoms with van der Waals surface area (Å²) in [6.45, 7) is 3.01. The van der Waals surface area contributed by atoms with Gasteiger partial charge in [0.25, 0.3) is 5.91 Å². The third kappa shape index (κ3) is 5.35. The Kier molecular flexibility index (Phi) is 5.63. The zero-order valence-electron chi connectivity index (χ0n) is 10.8. The van der Waals surface area contributed by atoms with Gasteiger partial charge in [0.05, 0.1) is 12.3 Å². The first kappa shape index (κ1) is 16.1. The fourth-order valence-corrected chi connectivity index (χ4v) is 1.39. The van der Waals surface area contributed by atoms with Crippen molar-refractivity contribution in [1.82, 2.24) is 5.32 Å². The Morgan fingerprint density at radius 2 is 2.10 bits per heavy atom. The van der Waals surface area contributed by atoms with Gasteiger partial charge in [-0.15, -0.1) is 13.2 Å². The van der Waals surface area contributed by atoms with Gasteiger partial charge in [0.15, 0.2) is 5.75 Å². The predicted octanol–water partition coefficient (Wildman–Crippen LogP) is 1.93. The van der Waals surface area contributed by atoms with Crippen LogP contribution in [0, 0.1) is 0 Å². The van der Waals surface area contributed by atoms with Crippen molar-refractivity contribution in [2.24, 2.45) is 0 Å². The summed E-state index contributed by atoms with van der Waals surface area (Å²) in [6.07, 6.45) is -4.82. The van der Waals surface area contributed by atoms with Gasteiger partial charge in [-0.05, 0) is 25.1 Å². The highest BCUT2D eigenvalue weighted by Gasteiger charge is 2.32. The summed E-state index contributed by atoms with van der Waals surface area (Å²) < 4.78 is 44.9. The number of nitrogen functional groups attached to an aromatic ring is 1. The molecule has 0 radical (unpaired) electrons. The van der Waals surface area contributed by atoms with Crippen LogP contribution in [0.4, 0.5) is 18.9 Å². The number of benzene rings is 1. The number of hydrogen-bond acceptors (Lipinski definition) is 4. The second-order valence-corrected chi connectivity index (χ2v) is 3.75. The van der Waals surface area contributed by atoms with E-state index in [4.69, 9.17) is 10.5 Å². The molecule has 1 amide bonds. The summed E-state index contributed by atoms with van der Waals surface area (Å²) in [4.78, 5) is 11.7. The number of nitrogens with one attached hydrogen (secondary N) is 1. The molecule has 3 N–H and O–H groups in total. The topological polar surface area (TPSA) is 73.6 Å². The summed E-state index contributed by atoms with van der Waals surface area (Å²) in [5, 5.41) is 2.55. The lowest BCUT2D eigenvalue weighted by atomic mass is 10.2. The van der Waals surface area contributed by atoms with Crippen LogP contribution in [0.2, 0.25) is 0 Å². The smallest absolute Gasteiger partial charge is 0.404 e. The fourth-order valence-electron chi connectivity index (χ4n) is 1.39. The molecular weight excluding hydrogens is 277 g/mol. The highest BCUT2D eigenvalue weighted by molar-refractivity contribution is 5.95. The van der Waals surface area contributed by atoms with Crippen molar-refractivity contribution >= 4 is 11.6 Å². The minimum absolute atomic E-state index is 0.147. The minimum atomic E-state index is -4.82. The number of ether oxygens (including phenoxy) is 2. The molecule has 0 aliphatic carbocycles. The van der Waals surface area contributed by atoms with Crippen molar-refractivity contribution in [3.05, 3.63) is 23.8 Å². The molecule has 0 unspecified atom stereocenters. The molecule has 0 aliphatic heterocycles. The Hall–Kier alpha value is -1.96. The lowest BCUT2D eigenvalue weighted by Gasteiger charge is -2.12. The average molecular weight is 292 g/mol. The van der Waals surface area contributed by atoms with Crippen molar-refractivity contribution in [2.45, 2.75) is 13.3 Å². The molecule has 112 valence electrons. The first-order chi connectivity index (χ1) is 9.33. The van der Waals surface area contributed by atoms with Crippen LogP contribution in [0.25, 0.3) is 0 Å². The van der Waals surface area contributed by atoms with E-state index in [1.807, 2.05) is 6.92 Å². The van der Waals surface area contributed by atoms with Gasteiger partial charge in [-0.2, -0.15) is 0 Å². The number of nitrogens with two attached hydrogens (primary N) is 1. The number of anilines is 1. The Labute approximate surface area is 113 Å². The van der Waals surface area contributed by atoms with Crippen LogP contribution in [-0.2, 0) is 4.74 Å². The van der Waals surface area contributed by atoms with Crippen LogP contribution in [0.3, 0.4) is 0 Å². The van der Waals surface area contributed by atoms with Crippen molar-refractivity contribution in [1.29, 1.82) is 0 Å². The SMILES string of the molecule is CCOCCNC(=O)c1ccc(OC(F)(F)F)c(N)c1. The molecular formula is C12H15F3N2O3. The molecule has 1 aromatic carbocycles. The number of hydrogen-bond donors (Lipinski definition) is 2. The predicted molar refractivity (Wildman–Crippen MR) is 66.4 cm³/mol. The first-order valence-electron chi connectivity index (χ1n) is 5.84. The van der Waals surface area contributed by atoms with E-state index < -0.39 is 18.0 Å². The average Bonchev–Trinajstić information content (AvgIpc) is 2.35. The largest absolute Gasteiger partial charge is 0.573 e. The number of carbonyl (C=O) groups is 1. The molecule has 0 saturated heterocycles. The van der Waals surface area contributed by atoms with Gasteiger partial charge < -0.3 is 20.5 Å². The van der Waals surface area contributed by atoms with E-state index in [0.29, 0.717) is 19.8 Å². The van der Waals surface area contributed by atoms with Crippen LogP contribution >= 0.6 is 0 Å². The van der Waals surface area contributed by atoms with Crippen LogP contribution in [0.1, 0.15) is 17.3 Å². The molecule has 5 nitrogen and oxygen atoms in total. The summed E-state index contributed by atoms with van der Waals surface area (Å²) in [6, 6.07) is 3.32. The summed E-state index contributed by atoms with van der Waals surface area (Å²) in [5.74, 6) is -0.988. The number of rotatable bonds is 6. The molecule has 1 rings (SSSR count). The Morgan fingerprint density at radius 3 is 2.65 bits per heavy atom. The highest BCUT2D eigenvalue weighted by atomic mass is 19.4. The lowest BCUT2D eigenvalue weighted by molar-refractivity contribution is -0.274. The van der Waals surface area contributed by atoms with Crippen LogP contribution in [0.5, 0.6) is 5.75 Å². The van der Waals surface area contributed by atoms with Crippen molar-refractivity contribution in [3.63, 3.8) is 0 Å². The second-order valence-electron chi connectivity index (χ2n) is 3.75. The number of alkyl halides is 3. The van der Waals surface area contributed by atoms with Gasteiger partial charge in [0.1, 0.15) is 0 Å². The van der Waals surface area contributed by atoms with Gasteiger partial charge in [0, 0.05) is 18.7 Å². The van der Waals surface area contributed by atoms with Gasteiger partial charge in [-0.25, -0.2) is 0 Å². The number of carbonyl (C=O) groups excluding carboxylic acids is 1. The van der Waals surface area contributed by atoms with Crippen LogP contribution in [-0.4, -0.2) is 32.0 Å². The van der Waals surface area contributed by atoms with Crippen LogP contribution in [0.15, 0.2) is 18.2 Å². The van der Waals surface area contributed by atoms with E-state index in [9.17, 15) is 18.0 Å². The second kappa shape index (κ2) is 6.99. The molecule has 1 aromatic rings. The van der Waals surface area contributed by atoms with E-state index in [1.54, 1.807) is 0 Å². The van der Waals surface area contributed by atoms with E-state index in [-0.39, 0.29) is 11.3 Å². The summed E-state index contributed by atoms with van der Waals surface area (Å²) in [5.41, 5.74) is 5.30. The van der Waals surface area contributed by atoms with E-state index >= 15 is 0 Å². The standard InChI is InChI=1S/C12H15F3N2O3/c1-2-19-6-5-17-11(18)8-3-4-10(9(16)7-8)20-12(13,14)15/h3-4,7H,2,5-6,16H2,1H3,(H,17,18). The molecule has 0 aromatic heterocycles. The highest BCUT2D eigenvalue weighted by Crippen LogP contribution is 2.28. The maximum Gasteiger partial charge on any atom is 0.573 e. The van der Waals surface area contributed by atoms with Gasteiger partial charge in [0.2, 0.25) is 0 Å². The maximum atomic E-state index is 12.0. The molecule has 0 atom stereocenters. The lowest BCUT2D eigenvalue weighted by Crippen LogP contribution is -2.27. The maximum absolute atomic E-state index is 12.0. The normalized spacial score (nSPS) is 11.2. The van der Waals surface area contributed by atoms with Gasteiger partial charge in [-0.3, -0.25) is 4.79 Å². The molecule has 8 heteroatoms. The monoisotopic (exact) mass is 292 g/mol. The summed E-state index contributed by atoms with van der Waals surface area (Å²) >= 11 is 0. The first-order valence-corrected chi connectivity index (χ1v) is 5.84. The van der Waals surface area contributed by atoms with Gasteiger partial charge >= 0.3 is 6.36 Å². The molecule has 0 aliphatic rings. The number of halogens is 3. The van der Waals surface area contributed by atoms with Crippen molar-refractivity contribution < 1.29 is 27.4 Å². The zero-order valence-corrected chi connectivity index (χ0v) is 10.8. The third-order valence-electron chi connectivity index (χ3n) is 2.23. The zero-order chi connectivity index (χ0) is 15.2. The van der Waals surface area contributed by atoms with Gasteiger partial charge in [-0.1, -0.05) is 0 Å². The Morgan fingerprint density at radius 1 is 1.40 bits per heavy atom. The van der Waals surface area contributed by atoms with E-state index in [1.165, 1.54) is 6.07 Å². The molecule has 0 fully saturated rings. The quantitative estimate of drug-likeness (QED) is 0.620.